The fourth-order valence-electron chi connectivity index (χ4n) is 3.77. The van der Waals surface area contributed by atoms with Gasteiger partial charge in [-0.2, -0.15) is 0 Å². The van der Waals surface area contributed by atoms with E-state index in [0.29, 0.717) is 16.9 Å². The van der Waals surface area contributed by atoms with Crippen LogP contribution in [0.3, 0.4) is 0 Å². The average molecular weight is 448 g/mol. The molecular formula is C25H24N2O6. The van der Waals surface area contributed by atoms with Crippen LogP contribution in [-0.4, -0.2) is 34.1 Å². The first kappa shape index (κ1) is 22.1. The van der Waals surface area contributed by atoms with Gasteiger partial charge in [0.15, 0.2) is 6.10 Å². The predicted molar refractivity (Wildman–Crippen MR) is 124 cm³/mol. The van der Waals surface area contributed by atoms with Crippen molar-refractivity contribution in [2.24, 2.45) is 0 Å². The van der Waals surface area contributed by atoms with Gasteiger partial charge in [-0.25, -0.2) is 9.59 Å². The first-order valence-electron chi connectivity index (χ1n) is 10.5. The Balaban J connectivity index is 1.48. The normalized spacial score (nSPS) is 13.1. The Morgan fingerprint density at radius 2 is 1.88 bits per heavy atom. The summed E-state index contributed by atoms with van der Waals surface area (Å²) in [7, 11) is 0. The lowest BCUT2D eigenvalue weighted by atomic mass is 10.0. The second-order valence-electron chi connectivity index (χ2n) is 8.02. The molecule has 0 radical (unpaired) electrons. The number of carbonyl (C=O) groups is 2. The van der Waals surface area contributed by atoms with Crippen LogP contribution in [0, 0.1) is 13.8 Å². The Bertz CT molecular complexity index is 1420. The van der Waals surface area contributed by atoms with E-state index in [-0.39, 0.29) is 6.42 Å². The van der Waals surface area contributed by atoms with Crippen LogP contribution >= 0.6 is 0 Å². The lowest BCUT2D eigenvalue weighted by molar-refractivity contribution is -0.142. The minimum Gasteiger partial charge on any atom is -0.481 e. The number of aryl methyl sites for hydroxylation is 1. The van der Waals surface area contributed by atoms with Crippen molar-refractivity contribution in [3.05, 3.63) is 75.8 Å². The average Bonchev–Trinajstić information content (AvgIpc) is 3.19. The molecule has 0 aliphatic heterocycles. The fourth-order valence-corrected chi connectivity index (χ4v) is 3.77. The number of amides is 1. The van der Waals surface area contributed by atoms with Gasteiger partial charge < -0.3 is 24.6 Å². The molecule has 3 N–H and O–H groups in total. The van der Waals surface area contributed by atoms with E-state index in [4.69, 9.17) is 9.15 Å². The second-order valence-corrected chi connectivity index (χ2v) is 8.02. The number of ether oxygens (including phenoxy) is 1. The van der Waals surface area contributed by atoms with Gasteiger partial charge in [-0.15, -0.1) is 0 Å². The van der Waals surface area contributed by atoms with Gasteiger partial charge in [0.05, 0.1) is 0 Å². The lowest BCUT2D eigenvalue weighted by Gasteiger charge is -2.19. The molecule has 0 spiro atoms. The summed E-state index contributed by atoms with van der Waals surface area (Å²) in [4.78, 5) is 39.6. The minimum absolute atomic E-state index is 0.123. The van der Waals surface area contributed by atoms with Crippen molar-refractivity contribution in [2.75, 3.05) is 0 Å². The zero-order valence-corrected chi connectivity index (χ0v) is 18.5. The van der Waals surface area contributed by atoms with E-state index in [9.17, 15) is 19.5 Å². The van der Waals surface area contributed by atoms with Crippen LogP contribution < -0.4 is 15.7 Å². The number of aliphatic carboxylic acids is 1. The number of benzene rings is 2. The van der Waals surface area contributed by atoms with E-state index < -0.39 is 29.6 Å². The van der Waals surface area contributed by atoms with Crippen molar-refractivity contribution in [2.45, 2.75) is 39.3 Å². The SMILES string of the molecule is Cc1c(C)c2ccc(O[C@@H](C)C(=O)N[C@@H](Cc3c[nH]c4ccccc34)C(=O)O)cc2oc1=O. The van der Waals surface area contributed by atoms with Crippen LogP contribution in [0.25, 0.3) is 21.9 Å². The van der Waals surface area contributed by atoms with Gasteiger partial charge in [-0.1, -0.05) is 18.2 Å². The molecule has 0 aliphatic rings. The van der Waals surface area contributed by atoms with Gasteiger partial charge in [-0.05, 0) is 50.1 Å². The van der Waals surface area contributed by atoms with Crippen molar-refractivity contribution in [3.63, 3.8) is 0 Å². The topological polar surface area (TPSA) is 122 Å². The van der Waals surface area contributed by atoms with E-state index in [1.54, 1.807) is 31.3 Å². The fraction of sp³-hybridized carbons (Fsp3) is 0.240. The molecule has 2 aromatic carbocycles. The van der Waals surface area contributed by atoms with E-state index in [2.05, 4.69) is 10.3 Å². The van der Waals surface area contributed by atoms with Gasteiger partial charge in [0.25, 0.3) is 5.91 Å². The second kappa shape index (κ2) is 8.82. The molecule has 8 heteroatoms. The molecule has 33 heavy (non-hydrogen) atoms. The zero-order valence-electron chi connectivity index (χ0n) is 18.5. The van der Waals surface area contributed by atoms with E-state index >= 15 is 0 Å². The Hall–Kier alpha value is -4.07. The van der Waals surface area contributed by atoms with Gasteiger partial charge >= 0.3 is 11.6 Å². The smallest absolute Gasteiger partial charge is 0.339 e. The van der Waals surface area contributed by atoms with Crippen LogP contribution in [0.15, 0.2) is 57.9 Å². The zero-order chi connectivity index (χ0) is 23.7. The first-order valence-corrected chi connectivity index (χ1v) is 10.5. The molecule has 0 saturated heterocycles. The number of hydrogen-bond donors (Lipinski definition) is 3. The monoisotopic (exact) mass is 448 g/mol. The number of nitrogens with one attached hydrogen (secondary N) is 2. The van der Waals surface area contributed by atoms with Crippen LogP contribution in [0.5, 0.6) is 5.75 Å². The quantitative estimate of drug-likeness (QED) is 0.372. The number of aromatic amines is 1. The molecule has 0 bridgehead atoms. The summed E-state index contributed by atoms with van der Waals surface area (Å²) in [6.07, 6.45) is 0.905. The number of H-pyrrole nitrogens is 1. The Morgan fingerprint density at radius 3 is 2.64 bits per heavy atom. The van der Waals surface area contributed by atoms with E-state index in [1.165, 1.54) is 6.92 Å². The maximum atomic E-state index is 12.7. The number of carboxylic acids is 1. The molecule has 0 unspecified atom stereocenters. The summed E-state index contributed by atoms with van der Waals surface area (Å²) in [5, 5.41) is 13.9. The summed E-state index contributed by atoms with van der Waals surface area (Å²) in [6.45, 7) is 5.07. The molecule has 2 aromatic heterocycles. The summed E-state index contributed by atoms with van der Waals surface area (Å²) in [5.74, 6) is -1.37. The van der Waals surface area contributed by atoms with Crippen molar-refractivity contribution in [1.82, 2.24) is 10.3 Å². The third-order valence-electron chi connectivity index (χ3n) is 5.82. The third-order valence-corrected chi connectivity index (χ3v) is 5.82. The van der Waals surface area contributed by atoms with E-state index in [0.717, 1.165) is 27.4 Å². The molecule has 2 atom stereocenters. The standard InChI is InChI=1S/C25H24N2O6/c1-13-14(2)25(31)33-22-11-17(8-9-18(13)22)32-15(3)23(28)27-21(24(29)30)10-16-12-26-20-7-5-4-6-19(16)20/h4-9,11-12,15,21,26H,10H2,1-3H3,(H,27,28)(H,29,30)/t15-,21-/m0/s1. The number of para-hydroxylation sites is 1. The van der Waals surface area contributed by atoms with Crippen molar-refractivity contribution >= 4 is 33.7 Å². The van der Waals surface area contributed by atoms with Crippen molar-refractivity contribution < 1.29 is 23.8 Å². The van der Waals surface area contributed by atoms with Crippen LogP contribution in [0.1, 0.15) is 23.6 Å². The maximum absolute atomic E-state index is 12.7. The number of hydrogen-bond acceptors (Lipinski definition) is 5. The summed E-state index contributed by atoms with van der Waals surface area (Å²) < 4.78 is 11.0. The van der Waals surface area contributed by atoms with Crippen LogP contribution in [-0.2, 0) is 16.0 Å². The van der Waals surface area contributed by atoms with E-state index in [1.807, 2.05) is 31.2 Å². The van der Waals surface area contributed by atoms with Gasteiger partial charge in [0, 0.05) is 40.5 Å². The predicted octanol–water partition coefficient (Wildman–Crippen LogP) is 3.47. The highest BCUT2D eigenvalue weighted by Gasteiger charge is 2.25. The molecule has 1 amide bonds. The van der Waals surface area contributed by atoms with Crippen LogP contribution in [0.2, 0.25) is 0 Å². The molecule has 2 heterocycles. The molecular weight excluding hydrogens is 424 g/mol. The number of carbonyl (C=O) groups excluding carboxylic acids is 1. The molecule has 170 valence electrons. The number of rotatable bonds is 7. The Morgan fingerprint density at radius 1 is 1.12 bits per heavy atom. The summed E-state index contributed by atoms with van der Waals surface area (Å²) in [5.41, 5.74) is 2.98. The van der Waals surface area contributed by atoms with Gasteiger partial charge in [0.1, 0.15) is 17.4 Å². The highest BCUT2D eigenvalue weighted by atomic mass is 16.5. The molecule has 8 nitrogen and oxygen atoms in total. The Labute approximate surface area is 189 Å². The van der Waals surface area contributed by atoms with Crippen LogP contribution in [0.4, 0.5) is 0 Å². The summed E-state index contributed by atoms with van der Waals surface area (Å²) >= 11 is 0. The number of fused-ring (bicyclic) bond motifs is 2. The first-order chi connectivity index (χ1) is 15.7. The highest BCUT2D eigenvalue weighted by Crippen LogP contribution is 2.25. The molecule has 0 saturated carbocycles. The minimum atomic E-state index is -1.14. The third kappa shape index (κ3) is 4.45. The van der Waals surface area contributed by atoms with Gasteiger partial charge in [0.2, 0.25) is 0 Å². The molecule has 4 rings (SSSR count). The number of carboxylic acid groups (broad SMARTS) is 1. The van der Waals surface area contributed by atoms with Crippen molar-refractivity contribution in [3.8, 4) is 5.75 Å². The molecule has 0 fully saturated rings. The van der Waals surface area contributed by atoms with Gasteiger partial charge in [-0.3, -0.25) is 4.79 Å². The largest absolute Gasteiger partial charge is 0.481 e. The number of aromatic nitrogens is 1. The van der Waals surface area contributed by atoms with Crippen molar-refractivity contribution in [1.29, 1.82) is 0 Å². The summed E-state index contributed by atoms with van der Waals surface area (Å²) in [6, 6.07) is 11.4. The maximum Gasteiger partial charge on any atom is 0.339 e. The molecule has 4 aromatic rings. The Kier molecular flexibility index (Phi) is 5.91. The molecule has 0 aliphatic carbocycles. The highest BCUT2D eigenvalue weighted by molar-refractivity contribution is 5.88. The lowest BCUT2D eigenvalue weighted by Crippen LogP contribution is -2.47.